The van der Waals surface area contributed by atoms with Crippen molar-refractivity contribution in [1.82, 2.24) is 0 Å². The van der Waals surface area contributed by atoms with E-state index >= 15 is 0 Å². The number of halogens is 2. The van der Waals surface area contributed by atoms with Crippen LogP contribution in [0.4, 0.5) is 4.39 Å². The third-order valence-corrected chi connectivity index (χ3v) is 2.79. The Balaban J connectivity index is 2.25. The summed E-state index contributed by atoms with van der Waals surface area (Å²) in [5.41, 5.74) is 1.02. The quantitative estimate of drug-likeness (QED) is 0.778. The van der Waals surface area contributed by atoms with Gasteiger partial charge in [0.25, 0.3) is 0 Å². The highest BCUT2D eigenvalue weighted by Crippen LogP contribution is 2.20. The van der Waals surface area contributed by atoms with Crippen LogP contribution in [0, 0.1) is 12.7 Å². The first kappa shape index (κ1) is 11.9. The van der Waals surface area contributed by atoms with Crippen LogP contribution in [0.15, 0.2) is 34.9 Å². The molecule has 0 unspecified atom stereocenters. The molecule has 0 spiro atoms. The molecule has 0 N–H and O–H groups in total. The van der Waals surface area contributed by atoms with Crippen molar-refractivity contribution in [2.75, 3.05) is 0 Å². The number of hydrogen-bond donors (Lipinski definition) is 0. The van der Waals surface area contributed by atoms with E-state index in [0.717, 1.165) is 5.56 Å². The van der Waals surface area contributed by atoms with Crippen LogP contribution < -0.4 is 0 Å². The predicted octanol–water partition coefficient (Wildman–Crippen LogP) is 3.81. The number of benzene rings is 1. The molecule has 0 aliphatic heterocycles. The van der Waals surface area contributed by atoms with Gasteiger partial charge < -0.3 is 4.42 Å². The molecule has 0 fully saturated rings. The number of furan rings is 1. The van der Waals surface area contributed by atoms with Crippen LogP contribution in [0.5, 0.6) is 0 Å². The Labute approximate surface area is 103 Å². The standard InChI is InChI=1S/C13H10ClFO2/c1-8-5-6-17-13(8)11(16)7-9-3-2-4-10(14)12(9)15/h2-6H,7H2,1H3. The van der Waals surface area contributed by atoms with Gasteiger partial charge in [0.05, 0.1) is 11.3 Å². The van der Waals surface area contributed by atoms with Gasteiger partial charge in [0.2, 0.25) is 5.78 Å². The molecule has 0 saturated heterocycles. The summed E-state index contributed by atoms with van der Waals surface area (Å²) in [6.07, 6.45) is 1.39. The van der Waals surface area contributed by atoms with Gasteiger partial charge in [0.15, 0.2) is 5.76 Å². The van der Waals surface area contributed by atoms with Gasteiger partial charge in [-0.2, -0.15) is 0 Å². The molecule has 1 heterocycles. The van der Waals surface area contributed by atoms with E-state index in [0.29, 0.717) is 0 Å². The zero-order valence-electron chi connectivity index (χ0n) is 9.17. The molecule has 17 heavy (non-hydrogen) atoms. The van der Waals surface area contributed by atoms with Crippen molar-refractivity contribution in [3.8, 4) is 0 Å². The molecule has 2 nitrogen and oxygen atoms in total. The fourth-order valence-electron chi connectivity index (χ4n) is 1.60. The molecule has 0 atom stereocenters. The number of aryl methyl sites for hydroxylation is 1. The van der Waals surface area contributed by atoms with Crippen molar-refractivity contribution in [3.63, 3.8) is 0 Å². The summed E-state index contributed by atoms with van der Waals surface area (Å²) in [5, 5.41) is 0.0199. The maximum Gasteiger partial charge on any atom is 0.202 e. The van der Waals surface area contributed by atoms with E-state index in [2.05, 4.69) is 0 Å². The minimum Gasteiger partial charge on any atom is -0.461 e. The molecule has 1 aromatic heterocycles. The maximum atomic E-state index is 13.6. The Morgan fingerprint density at radius 1 is 1.41 bits per heavy atom. The summed E-state index contributed by atoms with van der Waals surface area (Å²) >= 11 is 5.64. The summed E-state index contributed by atoms with van der Waals surface area (Å²) in [6, 6.07) is 6.30. The molecule has 0 aliphatic carbocycles. The summed E-state index contributed by atoms with van der Waals surface area (Å²) in [5.74, 6) is -0.537. The largest absolute Gasteiger partial charge is 0.461 e. The second-order valence-electron chi connectivity index (χ2n) is 3.75. The van der Waals surface area contributed by atoms with Crippen LogP contribution in [0.1, 0.15) is 21.7 Å². The molecular weight excluding hydrogens is 243 g/mol. The second-order valence-corrected chi connectivity index (χ2v) is 4.15. The molecule has 88 valence electrons. The topological polar surface area (TPSA) is 30.2 Å². The van der Waals surface area contributed by atoms with Gasteiger partial charge in [-0.15, -0.1) is 0 Å². The molecule has 0 aliphatic rings. The van der Waals surface area contributed by atoms with Crippen molar-refractivity contribution in [3.05, 3.63) is 58.3 Å². The van der Waals surface area contributed by atoms with Crippen LogP contribution in [-0.4, -0.2) is 5.78 Å². The molecule has 0 radical (unpaired) electrons. The summed E-state index contributed by atoms with van der Waals surface area (Å²) in [4.78, 5) is 11.9. The van der Waals surface area contributed by atoms with Crippen LogP contribution in [-0.2, 0) is 6.42 Å². The molecule has 0 bridgehead atoms. The molecule has 0 saturated carbocycles. The van der Waals surface area contributed by atoms with Gasteiger partial charge in [-0.05, 0) is 30.2 Å². The molecular formula is C13H10ClFO2. The maximum absolute atomic E-state index is 13.6. The number of carbonyl (C=O) groups excluding carboxylic acids is 1. The number of Topliss-reactive ketones (excluding diaryl/α,β-unsaturated/α-hetero) is 1. The lowest BCUT2D eigenvalue weighted by molar-refractivity contribution is 0.0964. The normalized spacial score (nSPS) is 10.5. The van der Waals surface area contributed by atoms with Gasteiger partial charge in [0, 0.05) is 6.42 Å². The van der Waals surface area contributed by atoms with Crippen molar-refractivity contribution >= 4 is 17.4 Å². The first-order valence-corrected chi connectivity index (χ1v) is 5.47. The summed E-state index contributed by atoms with van der Waals surface area (Å²) in [6.45, 7) is 1.77. The zero-order chi connectivity index (χ0) is 12.4. The summed E-state index contributed by atoms with van der Waals surface area (Å²) < 4.78 is 18.7. The van der Waals surface area contributed by atoms with Crippen molar-refractivity contribution in [1.29, 1.82) is 0 Å². The fourth-order valence-corrected chi connectivity index (χ4v) is 1.79. The van der Waals surface area contributed by atoms with E-state index in [1.54, 1.807) is 19.1 Å². The van der Waals surface area contributed by atoms with Gasteiger partial charge in [-0.1, -0.05) is 23.7 Å². The lowest BCUT2D eigenvalue weighted by Gasteiger charge is -2.03. The minimum atomic E-state index is -0.549. The van der Waals surface area contributed by atoms with Gasteiger partial charge >= 0.3 is 0 Å². The fraction of sp³-hybridized carbons (Fsp3) is 0.154. The summed E-state index contributed by atoms with van der Waals surface area (Å²) in [7, 11) is 0. The van der Waals surface area contributed by atoms with E-state index in [1.165, 1.54) is 18.4 Å². The highest BCUT2D eigenvalue weighted by molar-refractivity contribution is 6.30. The zero-order valence-corrected chi connectivity index (χ0v) is 9.92. The Bertz CT molecular complexity index is 560. The Kier molecular flexibility index (Phi) is 3.29. The molecule has 4 heteroatoms. The number of hydrogen-bond acceptors (Lipinski definition) is 2. The van der Waals surface area contributed by atoms with Crippen LogP contribution in [0.2, 0.25) is 5.02 Å². The Hall–Kier alpha value is -1.61. The predicted molar refractivity (Wildman–Crippen MR) is 62.9 cm³/mol. The smallest absolute Gasteiger partial charge is 0.202 e. The SMILES string of the molecule is Cc1ccoc1C(=O)Cc1cccc(Cl)c1F. The lowest BCUT2D eigenvalue weighted by Crippen LogP contribution is -2.05. The van der Waals surface area contributed by atoms with Gasteiger partial charge in [-0.25, -0.2) is 4.39 Å². The number of ketones is 1. The second kappa shape index (κ2) is 4.72. The molecule has 2 rings (SSSR count). The Morgan fingerprint density at radius 3 is 2.82 bits per heavy atom. The van der Waals surface area contributed by atoms with Crippen molar-refractivity contribution in [2.24, 2.45) is 0 Å². The van der Waals surface area contributed by atoms with E-state index < -0.39 is 5.82 Å². The molecule has 0 amide bonds. The number of carbonyl (C=O) groups is 1. The first-order valence-electron chi connectivity index (χ1n) is 5.10. The van der Waals surface area contributed by atoms with Crippen molar-refractivity contribution < 1.29 is 13.6 Å². The van der Waals surface area contributed by atoms with E-state index in [1.807, 2.05) is 0 Å². The average molecular weight is 253 g/mol. The monoisotopic (exact) mass is 252 g/mol. The van der Waals surface area contributed by atoms with Gasteiger partial charge in [0.1, 0.15) is 5.82 Å². The van der Waals surface area contributed by atoms with Crippen LogP contribution in [0.25, 0.3) is 0 Å². The van der Waals surface area contributed by atoms with E-state index in [9.17, 15) is 9.18 Å². The van der Waals surface area contributed by atoms with E-state index in [4.69, 9.17) is 16.0 Å². The Morgan fingerprint density at radius 2 is 2.18 bits per heavy atom. The third-order valence-electron chi connectivity index (χ3n) is 2.50. The molecule has 2 aromatic rings. The molecule has 1 aromatic carbocycles. The van der Waals surface area contributed by atoms with Crippen LogP contribution in [0.3, 0.4) is 0 Å². The third kappa shape index (κ3) is 2.39. The van der Waals surface area contributed by atoms with Gasteiger partial charge in [-0.3, -0.25) is 4.79 Å². The van der Waals surface area contributed by atoms with Crippen LogP contribution >= 0.6 is 11.6 Å². The number of rotatable bonds is 3. The first-order chi connectivity index (χ1) is 8.09. The minimum absolute atomic E-state index is 0.0199. The highest BCUT2D eigenvalue weighted by atomic mass is 35.5. The van der Waals surface area contributed by atoms with E-state index in [-0.39, 0.29) is 28.6 Å². The average Bonchev–Trinajstić information content (AvgIpc) is 2.71. The lowest BCUT2D eigenvalue weighted by atomic mass is 10.1. The van der Waals surface area contributed by atoms with Crippen molar-refractivity contribution in [2.45, 2.75) is 13.3 Å². The highest BCUT2D eigenvalue weighted by Gasteiger charge is 2.16.